The molecule has 0 saturated carbocycles. The van der Waals surface area contributed by atoms with Crippen molar-refractivity contribution >= 4 is 9.24 Å². The zero-order chi connectivity index (χ0) is 7.40. The lowest BCUT2D eigenvalue weighted by Gasteiger charge is -2.03. The van der Waals surface area contributed by atoms with E-state index in [2.05, 4.69) is 9.24 Å². The predicted octanol–water partition coefficient (Wildman–Crippen LogP) is 2.08. The fourth-order valence-electron chi connectivity index (χ4n) is 0.804. The van der Waals surface area contributed by atoms with Gasteiger partial charge in [-0.1, -0.05) is 18.2 Å². The molecule has 1 atom stereocenters. The number of benzene rings is 1. The van der Waals surface area contributed by atoms with Gasteiger partial charge in [-0.05, 0) is 6.07 Å². The zero-order valence-corrected chi connectivity index (χ0v) is 7.03. The standard InChI is InChI=1S/C8H10OP/c1-9-8-5-3-2-4-7(8)6-10/h2-6H,10H2,1H3. The average Bonchev–Trinajstić information content (AvgIpc) is 2.04. The van der Waals surface area contributed by atoms with E-state index in [1.807, 2.05) is 30.4 Å². The summed E-state index contributed by atoms with van der Waals surface area (Å²) in [5.41, 5.74) is 1.11. The number of para-hydroxylation sites is 1. The molecule has 0 N–H and O–H groups in total. The van der Waals surface area contributed by atoms with Crippen LogP contribution in [0.1, 0.15) is 5.56 Å². The maximum Gasteiger partial charge on any atom is 0.122 e. The van der Waals surface area contributed by atoms with Gasteiger partial charge in [0.05, 0.1) is 7.11 Å². The van der Waals surface area contributed by atoms with E-state index in [4.69, 9.17) is 4.74 Å². The Balaban J connectivity index is 2.96. The van der Waals surface area contributed by atoms with Crippen molar-refractivity contribution in [3.63, 3.8) is 0 Å². The molecule has 10 heavy (non-hydrogen) atoms. The van der Waals surface area contributed by atoms with Crippen LogP contribution in [-0.4, -0.2) is 7.11 Å². The van der Waals surface area contributed by atoms with Gasteiger partial charge in [0, 0.05) is 11.7 Å². The summed E-state index contributed by atoms with van der Waals surface area (Å²) >= 11 is 0. The molecule has 53 valence electrons. The van der Waals surface area contributed by atoms with Crippen LogP contribution in [-0.2, 0) is 0 Å². The first kappa shape index (κ1) is 7.56. The number of hydrogen-bond acceptors (Lipinski definition) is 1. The summed E-state index contributed by atoms with van der Waals surface area (Å²) in [6, 6.07) is 7.89. The van der Waals surface area contributed by atoms with E-state index in [-0.39, 0.29) is 0 Å². The molecule has 0 amide bonds. The lowest BCUT2D eigenvalue weighted by Crippen LogP contribution is -1.86. The lowest BCUT2D eigenvalue weighted by atomic mass is 10.2. The van der Waals surface area contributed by atoms with Crippen LogP contribution in [0.4, 0.5) is 0 Å². The van der Waals surface area contributed by atoms with E-state index in [1.54, 1.807) is 7.11 Å². The molecule has 0 aliphatic carbocycles. The first-order valence-electron chi connectivity index (χ1n) is 3.06. The Kier molecular flexibility index (Phi) is 2.70. The molecule has 0 bridgehead atoms. The fourth-order valence-corrected chi connectivity index (χ4v) is 1.08. The third-order valence-electron chi connectivity index (χ3n) is 1.32. The quantitative estimate of drug-likeness (QED) is 0.591. The van der Waals surface area contributed by atoms with Gasteiger partial charge in [0.2, 0.25) is 0 Å². The fraction of sp³-hybridized carbons (Fsp3) is 0.125. The zero-order valence-electron chi connectivity index (χ0n) is 5.87. The van der Waals surface area contributed by atoms with Gasteiger partial charge in [-0.2, -0.15) is 0 Å². The summed E-state index contributed by atoms with van der Waals surface area (Å²) in [7, 11) is 4.23. The van der Waals surface area contributed by atoms with Gasteiger partial charge in [0.15, 0.2) is 0 Å². The van der Waals surface area contributed by atoms with Gasteiger partial charge < -0.3 is 4.74 Å². The van der Waals surface area contributed by atoms with Gasteiger partial charge in [-0.15, -0.1) is 9.24 Å². The molecule has 0 aliphatic heterocycles. The Hall–Kier alpha value is -0.550. The maximum atomic E-state index is 5.09. The van der Waals surface area contributed by atoms with Crippen molar-refractivity contribution in [3.8, 4) is 5.75 Å². The summed E-state index contributed by atoms with van der Waals surface area (Å²) in [5, 5.41) is 0. The molecular weight excluding hydrogens is 143 g/mol. The molecule has 2 heteroatoms. The van der Waals surface area contributed by atoms with E-state index in [0.717, 1.165) is 11.3 Å². The van der Waals surface area contributed by atoms with Crippen LogP contribution in [0.25, 0.3) is 0 Å². The number of rotatable bonds is 2. The van der Waals surface area contributed by atoms with Crippen LogP contribution in [0.5, 0.6) is 5.75 Å². The second-order valence-corrected chi connectivity index (χ2v) is 2.24. The van der Waals surface area contributed by atoms with Crippen LogP contribution in [0, 0.1) is 6.16 Å². The topological polar surface area (TPSA) is 9.23 Å². The van der Waals surface area contributed by atoms with Crippen LogP contribution in [0.2, 0.25) is 0 Å². The molecule has 0 spiro atoms. The Morgan fingerprint density at radius 1 is 1.40 bits per heavy atom. The Morgan fingerprint density at radius 2 is 2.10 bits per heavy atom. The molecule has 0 fully saturated rings. The first-order valence-corrected chi connectivity index (χ1v) is 3.73. The number of methoxy groups -OCH3 is 1. The molecule has 1 aromatic carbocycles. The molecule has 0 heterocycles. The van der Waals surface area contributed by atoms with E-state index in [9.17, 15) is 0 Å². The van der Waals surface area contributed by atoms with Gasteiger partial charge in [0.1, 0.15) is 5.75 Å². The molecule has 0 saturated heterocycles. The van der Waals surface area contributed by atoms with Crippen LogP contribution in [0.15, 0.2) is 24.3 Å². The minimum absolute atomic E-state index is 0.914. The van der Waals surface area contributed by atoms with Crippen molar-refractivity contribution in [1.82, 2.24) is 0 Å². The van der Waals surface area contributed by atoms with Crippen LogP contribution >= 0.6 is 9.24 Å². The molecular formula is C8H10OP. The van der Waals surface area contributed by atoms with Crippen molar-refractivity contribution in [2.24, 2.45) is 0 Å². The summed E-state index contributed by atoms with van der Waals surface area (Å²) in [6.07, 6.45) is 1.94. The van der Waals surface area contributed by atoms with E-state index in [1.165, 1.54) is 0 Å². The summed E-state index contributed by atoms with van der Waals surface area (Å²) in [5.74, 6) is 0.914. The highest BCUT2D eigenvalue weighted by molar-refractivity contribution is 7.19. The summed E-state index contributed by atoms with van der Waals surface area (Å²) in [4.78, 5) is 0. The van der Waals surface area contributed by atoms with Gasteiger partial charge in [-0.3, -0.25) is 0 Å². The molecule has 1 rings (SSSR count). The predicted molar refractivity (Wildman–Crippen MR) is 46.1 cm³/mol. The number of hydrogen-bond donors (Lipinski definition) is 0. The Labute approximate surface area is 63.6 Å². The molecule has 1 unspecified atom stereocenters. The van der Waals surface area contributed by atoms with E-state index in [0.29, 0.717) is 0 Å². The van der Waals surface area contributed by atoms with Crippen LogP contribution in [0.3, 0.4) is 0 Å². The normalized spacial score (nSPS) is 9.40. The summed E-state index contributed by atoms with van der Waals surface area (Å²) < 4.78 is 5.09. The maximum absolute atomic E-state index is 5.09. The monoisotopic (exact) mass is 153 g/mol. The molecule has 0 aromatic heterocycles. The number of ether oxygens (including phenoxy) is 1. The molecule has 1 aromatic rings. The van der Waals surface area contributed by atoms with Crippen molar-refractivity contribution in [2.45, 2.75) is 0 Å². The second-order valence-electron chi connectivity index (χ2n) is 1.91. The summed E-state index contributed by atoms with van der Waals surface area (Å²) in [6.45, 7) is 0. The molecule has 1 nitrogen and oxygen atoms in total. The Bertz CT molecular complexity index is 187. The SMILES string of the molecule is COc1ccccc1[CH]P. The highest BCUT2D eigenvalue weighted by atomic mass is 31.0. The largest absolute Gasteiger partial charge is 0.496 e. The minimum atomic E-state index is 0.914. The van der Waals surface area contributed by atoms with Crippen molar-refractivity contribution in [1.29, 1.82) is 0 Å². The van der Waals surface area contributed by atoms with Crippen LogP contribution < -0.4 is 4.74 Å². The molecule has 0 aliphatic rings. The first-order chi connectivity index (χ1) is 4.88. The van der Waals surface area contributed by atoms with Crippen molar-refractivity contribution < 1.29 is 4.74 Å². The van der Waals surface area contributed by atoms with Gasteiger partial charge in [-0.25, -0.2) is 0 Å². The lowest BCUT2D eigenvalue weighted by molar-refractivity contribution is 0.413. The second kappa shape index (κ2) is 3.58. The van der Waals surface area contributed by atoms with Crippen molar-refractivity contribution in [2.75, 3.05) is 7.11 Å². The molecule has 1 radical (unpaired) electrons. The third-order valence-corrected chi connectivity index (χ3v) is 1.68. The van der Waals surface area contributed by atoms with Gasteiger partial charge >= 0.3 is 0 Å². The van der Waals surface area contributed by atoms with Crippen molar-refractivity contribution in [3.05, 3.63) is 36.0 Å². The highest BCUT2D eigenvalue weighted by Gasteiger charge is 1.96. The minimum Gasteiger partial charge on any atom is -0.496 e. The smallest absolute Gasteiger partial charge is 0.122 e. The average molecular weight is 153 g/mol. The Morgan fingerprint density at radius 3 is 2.60 bits per heavy atom. The highest BCUT2D eigenvalue weighted by Crippen LogP contribution is 2.20. The van der Waals surface area contributed by atoms with E-state index < -0.39 is 0 Å². The third kappa shape index (κ3) is 1.48. The van der Waals surface area contributed by atoms with E-state index >= 15 is 0 Å². The van der Waals surface area contributed by atoms with Gasteiger partial charge in [0.25, 0.3) is 0 Å².